The molecule has 3 N–H and O–H groups in total. The number of sulfonamides is 1. The van der Waals surface area contributed by atoms with Crippen molar-refractivity contribution in [2.75, 3.05) is 16.6 Å². The number of ketones is 1. The lowest BCUT2D eigenvalue weighted by Gasteiger charge is -2.11. The summed E-state index contributed by atoms with van der Waals surface area (Å²) in [5.41, 5.74) is 4.06. The second kappa shape index (κ2) is 11.1. The van der Waals surface area contributed by atoms with E-state index in [0.717, 1.165) is 5.69 Å². The fraction of sp³-hybridized carbons (Fsp3) is 0.250. The van der Waals surface area contributed by atoms with Crippen molar-refractivity contribution in [1.29, 1.82) is 0 Å². The standard InChI is InChI=1S/C28H25Cl2N3O6S/c1-2-39-26(35)9-7-19-24(31-23-4-3-5-25(34)27(19)23)14-21-20-13-17(6-8-22(20)32-28(21)36)33-40(37,38)18-11-15(29)10-16(30)12-18/h6,8,10-14,31,33H,2-5,7,9H2,1H3,(H,32,36). The van der Waals surface area contributed by atoms with Crippen molar-refractivity contribution in [2.45, 2.75) is 43.9 Å². The molecule has 1 aliphatic heterocycles. The van der Waals surface area contributed by atoms with Gasteiger partial charge in [-0.25, -0.2) is 8.42 Å². The van der Waals surface area contributed by atoms with Gasteiger partial charge in [0.1, 0.15) is 0 Å². The van der Waals surface area contributed by atoms with E-state index in [1.165, 1.54) is 24.3 Å². The molecule has 0 atom stereocenters. The van der Waals surface area contributed by atoms with Gasteiger partial charge in [-0.1, -0.05) is 23.2 Å². The maximum atomic E-state index is 13.0. The molecule has 2 heterocycles. The Hall–Kier alpha value is -3.60. The number of ether oxygens (including phenoxy) is 1. The fourth-order valence-corrected chi connectivity index (χ4v) is 6.75. The largest absolute Gasteiger partial charge is 0.466 e. The average Bonchev–Trinajstić information content (AvgIpc) is 3.39. The minimum atomic E-state index is -4.03. The van der Waals surface area contributed by atoms with Gasteiger partial charge in [0.2, 0.25) is 0 Å². The van der Waals surface area contributed by atoms with E-state index in [4.69, 9.17) is 27.9 Å². The van der Waals surface area contributed by atoms with Crippen LogP contribution in [0.5, 0.6) is 0 Å². The van der Waals surface area contributed by atoms with Gasteiger partial charge < -0.3 is 15.0 Å². The second-order valence-corrected chi connectivity index (χ2v) is 12.0. The number of fused-ring (bicyclic) bond motifs is 2. The highest BCUT2D eigenvalue weighted by molar-refractivity contribution is 7.92. The number of aromatic amines is 1. The first kappa shape index (κ1) is 27.9. The molecule has 3 aromatic rings. The van der Waals surface area contributed by atoms with Crippen LogP contribution in [0.1, 0.15) is 59.1 Å². The first-order valence-corrected chi connectivity index (χ1v) is 14.9. The highest BCUT2D eigenvalue weighted by Gasteiger charge is 2.29. The minimum absolute atomic E-state index is 0.00454. The predicted molar refractivity (Wildman–Crippen MR) is 153 cm³/mol. The Balaban J connectivity index is 1.51. The fourth-order valence-electron chi connectivity index (χ4n) is 4.97. The monoisotopic (exact) mass is 601 g/mol. The Labute approximate surface area is 240 Å². The van der Waals surface area contributed by atoms with E-state index >= 15 is 0 Å². The molecule has 9 nitrogen and oxygen atoms in total. The number of aromatic nitrogens is 1. The van der Waals surface area contributed by atoms with Gasteiger partial charge in [0.05, 0.1) is 17.1 Å². The van der Waals surface area contributed by atoms with E-state index in [1.807, 2.05) is 0 Å². The number of esters is 1. The number of anilines is 2. The predicted octanol–water partition coefficient (Wildman–Crippen LogP) is 5.63. The van der Waals surface area contributed by atoms with Crippen molar-refractivity contribution >= 4 is 73.9 Å². The maximum Gasteiger partial charge on any atom is 0.306 e. The molecule has 5 rings (SSSR count). The number of benzene rings is 2. The molecule has 1 amide bonds. The number of halogens is 2. The normalized spacial score (nSPS) is 15.5. The summed E-state index contributed by atoms with van der Waals surface area (Å²) in [6.07, 6.45) is 3.80. The number of amides is 1. The Morgan fingerprint density at radius 1 is 1.10 bits per heavy atom. The first-order valence-electron chi connectivity index (χ1n) is 12.6. The summed E-state index contributed by atoms with van der Waals surface area (Å²) >= 11 is 12.0. The van der Waals surface area contributed by atoms with Crippen LogP contribution in [0, 0.1) is 0 Å². The van der Waals surface area contributed by atoms with Crippen LogP contribution in [0.4, 0.5) is 11.4 Å². The van der Waals surface area contributed by atoms with Gasteiger partial charge in [-0.2, -0.15) is 0 Å². The molecule has 2 aliphatic rings. The molecule has 1 aliphatic carbocycles. The Morgan fingerprint density at radius 2 is 1.85 bits per heavy atom. The maximum absolute atomic E-state index is 13.0. The van der Waals surface area contributed by atoms with Crippen molar-refractivity contribution in [2.24, 2.45) is 0 Å². The third kappa shape index (κ3) is 5.65. The summed E-state index contributed by atoms with van der Waals surface area (Å²) in [6.45, 7) is 1.98. The minimum Gasteiger partial charge on any atom is -0.466 e. The van der Waals surface area contributed by atoms with E-state index in [0.29, 0.717) is 47.3 Å². The lowest BCUT2D eigenvalue weighted by molar-refractivity contribution is -0.143. The van der Waals surface area contributed by atoms with E-state index in [-0.39, 0.29) is 63.3 Å². The van der Waals surface area contributed by atoms with Crippen LogP contribution in [0.3, 0.4) is 0 Å². The zero-order valence-electron chi connectivity index (χ0n) is 21.4. The molecule has 0 saturated carbocycles. The number of nitrogens with one attached hydrogen (secondary N) is 3. The number of hydrogen-bond acceptors (Lipinski definition) is 6. The van der Waals surface area contributed by atoms with Crippen LogP contribution >= 0.6 is 23.2 Å². The highest BCUT2D eigenvalue weighted by Crippen LogP contribution is 2.37. The van der Waals surface area contributed by atoms with Crippen LogP contribution in [0.15, 0.2) is 41.3 Å². The van der Waals surface area contributed by atoms with Crippen molar-refractivity contribution < 1.29 is 27.5 Å². The van der Waals surface area contributed by atoms with Gasteiger partial charge in [-0.15, -0.1) is 0 Å². The molecule has 40 heavy (non-hydrogen) atoms. The molecule has 0 spiro atoms. The Morgan fingerprint density at radius 3 is 2.58 bits per heavy atom. The van der Waals surface area contributed by atoms with Crippen molar-refractivity contribution in [3.63, 3.8) is 0 Å². The zero-order valence-corrected chi connectivity index (χ0v) is 23.7. The van der Waals surface area contributed by atoms with E-state index in [9.17, 15) is 22.8 Å². The Bertz CT molecular complexity index is 1670. The number of aryl methyl sites for hydroxylation is 1. The van der Waals surface area contributed by atoms with E-state index < -0.39 is 10.0 Å². The summed E-state index contributed by atoms with van der Waals surface area (Å²) in [5, 5.41) is 3.13. The Kier molecular flexibility index (Phi) is 7.76. The third-order valence-corrected chi connectivity index (χ3v) is 8.50. The lowest BCUT2D eigenvalue weighted by Crippen LogP contribution is -2.13. The number of hydrogen-bond donors (Lipinski definition) is 3. The highest BCUT2D eigenvalue weighted by atomic mass is 35.5. The molecule has 0 radical (unpaired) electrons. The van der Waals surface area contributed by atoms with Crippen molar-refractivity contribution in [1.82, 2.24) is 4.98 Å². The number of Topliss-reactive ketones (excluding diaryl/α,β-unsaturated/α-hetero) is 1. The summed E-state index contributed by atoms with van der Waals surface area (Å²) < 4.78 is 33.6. The van der Waals surface area contributed by atoms with Crippen molar-refractivity contribution in [3.05, 3.63) is 74.5 Å². The summed E-state index contributed by atoms with van der Waals surface area (Å²) in [7, 11) is -4.03. The van der Waals surface area contributed by atoms with Crippen molar-refractivity contribution in [3.8, 4) is 0 Å². The molecule has 0 bridgehead atoms. The molecule has 0 unspecified atom stereocenters. The smallest absolute Gasteiger partial charge is 0.306 e. The number of carbonyl (C=O) groups is 3. The lowest BCUT2D eigenvalue weighted by atomic mass is 9.91. The molecule has 0 fully saturated rings. The quantitative estimate of drug-likeness (QED) is 0.226. The third-order valence-electron chi connectivity index (χ3n) is 6.70. The molecule has 208 valence electrons. The van der Waals surface area contributed by atoms with Gasteiger partial charge in [0.25, 0.3) is 15.9 Å². The number of rotatable bonds is 8. The van der Waals surface area contributed by atoms with Gasteiger partial charge in [0, 0.05) is 56.8 Å². The summed E-state index contributed by atoms with van der Waals surface area (Å²) in [6, 6.07) is 8.68. The summed E-state index contributed by atoms with van der Waals surface area (Å²) in [5.74, 6) is -0.761. The van der Waals surface area contributed by atoms with E-state index in [2.05, 4.69) is 15.0 Å². The molecule has 0 saturated heterocycles. The van der Waals surface area contributed by atoms with Gasteiger partial charge in [-0.05, 0) is 74.2 Å². The van der Waals surface area contributed by atoms with Crippen LogP contribution in [0.25, 0.3) is 11.6 Å². The molecule has 1 aromatic heterocycles. The molecular weight excluding hydrogens is 577 g/mol. The SMILES string of the molecule is CCOC(=O)CCc1c(C=C2C(=O)Nc3ccc(NS(=O)(=O)c4cc(Cl)cc(Cl)c4)cc32)[nH]c2c1C(=O)CCC2. The second-order valence-electron chi connectivity index (χ2n) is 9.44. The number of H-pyrrole nitrogens is 1. The van der Waals surface area contributed by atoms with Gasteiger partial charge in [0.15, 0.2) is 5.78 Å². The summed E-state index contributed by atoms with van der Waals surface area (Å²) in [4.78, 5) is 41.1. The first-order chi connectivity index (χ1) is 19.1. The van der Waals surface area contributed by atoms with Crippen LogP contribution in [0.2, 0.25) is 10.0 Å². The zero-order chi connectivity index (χ0) is 28.6. The van der Waals surface area contributed by atoms with Crippen LogP contribution in [-0.2, 0) is 37.2 Å². The average molecular weight is 602 g/mol. The molecular formula is C28H25Cl2N3O6S. The van der Waals surface area contributed by atoms with Crippen LogP contribution in [-0.4, -0.2) is 37.7 Å². The topological polar surface area (TPSA) is 134 Å². The number of carbonyl (C=O) groups excluding carboxylic acids is 3. The molecule has 2 aromatic carbocycles. The van der Waals surface area contributed by atoms with Gasteiger partial charge >= 0.3 is 5.97 Å². The molecule has 12 heteroatoms. The van der Waals surface area contributed by atoms with E-state index in [1.54, 1.807) is 25.1 Å². The van der Waals surface area contributed by atoms with Crippen LogP contribution < -0.4 is 10.0 Å². The van der Waals surface area contributed by atoms with Gasteiger partial charge in [-0.3, -0.25) is 19.1 Å².